The van der Waals surface area contributed by atoms with E-state index >= 15 is 0 Å². The fourth-order valence-corrected chi connectivity index (χ4v) is 3.55. The Kier molecular flexibility index (Phi) is 4.11. The molecule has 6 nitrogen and oxygen atoms in total. The summed E-state index contributed by atoms with van der Waals surface area (Å²) in [6, 6.07) is -0.0250. The van der Waals surface area contributed by atoms with Gasteiger partial charge < -0.3 is 9.80 Å². The van der Waals surface area contributed by atoms with E-state index < -0.39 is 15.3 Å². The van der Waals surface area contributed by atoms with E-state index in [4.69, 9.17) is 5.14 Å². The van der Waals surface area contributed by atoms with Gasteiger partial charge in [-0.2, -0.15) is 0 Å². The molecule has 2 amide bonds. The molecule has 2 aliphatic rings. The maximum absolute atomic E-state index is 12.2. The van der Waals surface area contributed by atoms with Gasteiger partial charge in [0.1, 0.15) is 0 Å². The monoisotopic (exact) mass is 275 g/mol. The summed E-state index contributed by atoms with van der Waals surface area (Å²) in [7, 11) is -3.54. The number of amides is 2. The highest BCUT2D eigenvalue weighted by atomic mass is 32.2. The molecule has 0 bridgehead atoms. The molecule has 2 fully saturated rings. The van der Waals surface area contributed by atoms with E-state index in [9.17, 15) is 13.2 Å². The lowest BCUT2D eigenvalue weighted by Crippen LogP contribution is -2.52. The van der Waals surface area contributed by atoms with Crippen LogP contribution in [0.15, 0.2) is 0 Å². The summed E-state index contributed by atoms with van der Waals surface area (Å²) in [6.07, 6.45) is 4.52. The lowest BCUT2D eigenvalue weighted by atomic mass is 10.1. The number of nitrogens with two attached hydrogens (primary N) is 1. The van der Waals surface area contributed by atoms with E-state index in [2.05, 4.69) is 0 Å². The standard InChI is InChI=1S/C11H21N3O3S/c12-18(16,17)10-5-4-8-14(9-10)11(15)13-6-2-1-3-7-13/h10H,1-9H2,(H2,12,16,17). The molecule has 2 aliphatic heterocycles. The molecule has 0 aromatic heterocycles. The van der Waals surface area contributed by atoms with Crippen molar-refractivity contribution in [3.63, 3.8) is 0 Å². The average molecular weight is 275 g/mol. The highest BCUT2D eigenvalue weighted by molar-refractivity contribution is 7.89. The summed E-state index contributed by atoms with van der Waals surface area (Å²) in [5, 5.41) is 4.57. The molecule has 0 spiro atoms. The smallest absolute Gasteiger partial charge is 0.320 e. The molecule has 0 aromatic carbocycles. The number of sulfonamides is 1. The van der Waals surface area contributed by atoms with E-state index in [1.54, 1.807) is 4.90 Å². The van der Waals surface area contributed by atoms with Crippen LogP contribution in [0, 0.1) is 0 Å². The normalized spacial score (nSPS) is 26.2. The van der Waals surface area contributed by atoms with Crippen molar-refractivity contribution in [3.8, 4) is 0 Å². The van der Waals surface area contributed by atoms with Crippen LogP contribution in [0.2, 0.25) is 0 Å². The Hall–Kier alpha value is -0.820. The first-order valence-electron chi connectivity index (χ1n) is 6.54. The van der Waals surface area contributed by atoms with Crippen LogP contribution < -0.4 is 5.14 Å². The third kappa shape index (κ3) is 3.14. The zero-order chi connectivity index (χ0) is 13.2. The fourth-order valence-electron chi connectivity index (χ4n) is 2.67. The van der Waals surface area contributed by atoms with Gasteiger partial charge in [0.05, 0.1) is 5.25 Å². The molecule has 0 saturated carbocycles. The SMILES string of the molecule is NS(=O)(=O)C1CCCN(C(=O)N2CCCCC2)C1. The number of primary sulfonamides is 1. The summed E-state index contributed by atoms with van der Waals surface area (Å²) in [5.74, 6) is 0. The first-order valence-corrected chi connectivity index (χ1v) is 8.15. The largest absolute Gasteiger partial charge is 0.325 e. The molecule has 1 unspecified atom stereocenters. The molecule has 0 aromatic rings. The Balaban J connectivity index is 1.97. The minimum absolute atomic E-state index is 0.0250. The summed E-state index contributed by atoms with van der Waals surface area (Å²) >= 11 is 0. The van der Waals surface area contributed by atoms with Gasteiger partial charge in [0.15, 0.2) is 0 Å². The summed E-state index contributed by atoms with van der Waals surface area (Å²) in [4.78, 5) is 15.7. The van der Waals surface area contributed by atoms with Crippen molar-refractivity contribution in [1.29, 1.82) is 0 Å². The van der Waals surface area contributed by atoms with Gasteiger partial charge in [-0.1, -0.05) is 0 Å². The Morgan fingerprint density at radius 3 is 2.22 bits per heavy atom. The van der Waals surface area contributed by atoms with Crippen LogP contribution in [0.25, 0.3) is 0 Å². The molecular weight excluding hydrogens is 254 g/mol. The topological polar surface area (TPSA) is 83.7 Å². The minimum Gasteiger partial charge on any atom is -0.325 e. The second-order valence-electron chi connectivity index (χ2n) is 5.13. The molecule has 7 heteroatoms. The Labute approximate surface area is 108 Å². The van der Waals surface area contributed by atoms with Gasteiger partial charge in [-0.25, -0.2) is 18.4 Å². The molecule has 2 N–H and O–H groups in total. The summed E-state index contributed by atoms with van der Waals surface area (Å²) in [5.41, 5.74) is 0. The highest BCUT2D eigenvalue weighted by Crippen LogP contribution is 2.18. The van der Waals surface area contributed by atoms with Crippen molar-refractivity contribution < 1.29 is 13.2 Å². The zero-order valence-electron chi connectivity index (χ0n) is 10.5. The van der Waals surface area contributed by atoms with Crippen molar-refractivity contribution in [2.45, 2.75) is 37.4 Å². The number of carbonyl (C=O) groups is 1. The molecule has 18 heavy (non-hydrogen) atoms. The van der Waals surface area contributed by atoms with Gasteiger partial charge in [0.25, 0.3) is 0 Å². The number of nitrogens with zero attached hydrogens (tertiary/aromatic N) is 2. The fraction of sp³-hybridized carbons (Fsp3) is 0.909. The van der Waals surface area contributed by atoms with Gasteiger partial charge in [-0.05, 0) is 32.1 Å². The Morgan fingerprint density at radius 1 is 1.00 bits per heavy atom. The lowest BCUT2D eigenvalue weighted by Gasteiger charge is -2.37. The second-order valence-corrected chi connectivity index (χ2v) is 6.97. The first-order chi connectivity index (χ1) is 8.48. The zero-order valence-corrected chi connectivity index (χ0v) is 11.4. The molecule has 2 heterocycles. The van der Waals surface area contributed by atoms with Crippen LogP contribution in [-0.2, 0) is 10.0 Å². The molecule has 2 saturated heterocycles. The molecule has 2 rings (SSSR count). The van der Waals surface area contributed by atoms with Crippen molar-refractivity contribution in [2.75, 3.05) is 26.2 Å². The number of likely N-dealkylation sites (tertiary alicyclic amines) is 2. The van der Waals surface area contributed by atoms with E-state index in [0.717, 1.165) is 25.9 Å². The van der Waals surface area contributed by atoms with Gasteiger partial charge in [-0.3, -0.25) is 0 Å². The average Bonchev–Trinajstić information content (AvgIpc) is 2.38. The van der Waals surface area contributed by atoms with Gasteiger partial charge in [0.2, 0.25) is 10.0 Å². The quantitative estimate of drug-likeness (QED) is 0.749. The van der Waals surface area contributed by atoms with Crippen LogP contribution in [0.3, 0.4) is 0 Å². The van der Waals surface area contributed by atoms with Crippen molar-refractivity contribution in [2.24, 2.45) is 5.14 Å². The van der Waals surface area contributed by atoms with Gasteiger partial charge >= 0.3 is 6.03 Å². The molecular formula is C11H21N3O3S. The second kappa shape index (κ2) is 5.44. The molecule has 104 valence electrons. The number of rotatable bonds is 1. The summed E-state index contributed by atoms with van der Waals surface area (Å²) < 4.78 is 22.7. The molecule has 1 atom stereocenters. The van der Waals surface area contributed by atoms with Crippen LogP contribution in [0.5, 0.6) is 0 Å². The van der Waals surface area contributed by atoms with E-state index in [-0.39, 0.29) is 12.6 Å². The number of piperidine rings is 2. The number of hydrogen-bond donors (Lipinski definition) is 1. The van der Waals surface area contributed by atoms with Crippen molar-refractivity contribution >= 4 is 16.1 Å². The van der Waals surface area contributed by atoms with E-state index in [1.807, 2.05) is 4.90 Å². The van der Waals surface area contributed by atoms with Crippen LogP contribution in [-0.4, -0.2) is 55.7 Å². The van der Waals surface area contributed by atoms with E-state index in [1.165, 1.54) is 6.42 Å². The Morgan fingerprint density at radius 2 is 1.61 bits per heavy atom. The maximum Gasteiger partial charge on any atom is 0.320 e. The van der Waals surface area contributed by atoms with E-state index in [0.29, 0.717) is 19.4 Å². The third-order valence-corrected chi connectivity index (χ3v) is 5.05. The minimum atomic E-state index is -3.54. The first kappa shape index (κ1) is 13.6. The van der Waals surface area contributed by atoms with Gasteiger partial charge in [-0.15, -0.1) is 0 Å². The summed E-state index contributed by atoms with van der Waals surface area (Å²) in [6.45, 7) is 2.46. The van der Waals surface area contributed by atoms with Crippen LogP contribution in [0.1, 0.15) is 32.1 Å². The van der Waals surface area contributed by atoms with Crippen molar-refractivity contribution in [3.05, 3.63) is 0 Å². The highest BCUT2D eigenvalue weighted by Gasteiger charge is 2.32. The molecule has 0 aliphatic carbocycles. The predicted octanol–water partition coefficient (Wildman–Crippen LogP) is 0.345. The number of urea groups is 1. The molecule has 0 radical (unpaired) electrons. The maximum atomic E-state index is 12.2. The Bertz CT molecular complexity index is 404. The predicted molar refractivity (Wildman–Crippen MR) is 68.5 cm³/mol. The van der Waals surface area contributed by atoms with Crippen molar-refractivity contribution in [1.82, 2.24) is 9.80 Å². The van der Waals surface area contributed by atoms with Gasteiger partial charge in [0, 0.05) is 26.2 Å². The third-order valence-electron chi connectivity index (χ3n) is 3.74. The number of carbonyl (C=O) groups excluding carboxylic acids is 1. The van der Waals surface area contributed by atoms with Crippen LogP contribution in [0.4, 0.5) is 4.79 Å². The number of hydrogen-bond acceptors (Lipinski definition) is 3. The van der Waals surface area contributed by atoms with Crippen LogP contribution >= 0.6 is 0 Å². The lowest BCUT2D eigenvalue weighted by molar-refractivity contribution is 0.135.